The number of rotatable bonds is 2. The molecule has 2 aromatic carbocycles. The fraction of sp³-hybridized carbons (Fsp3) is 0.238. The van der Waals surface area contributed by atoms with E-state index in [1.54, 1.807) is 29.2 Å². The van der Waals surface area contributed by atoms with Crippen molar-refractivity contribution in [3.05, 3.63) is 64.7 Å². The summed E-state index contributed by atoms with van der Waals surface area (Å²) in [6.45, 7) is 2.23. The smallest absolute Gasteiger partial charge is 0.368 e. The van der Waals surface area contributed by atoms with E-state index in [0.717, 1.165) is 6.07 Å². The van der Waals surface area contributed by atoms with Crippen LogP contribution in [0.25, 0.3) is 27.6 Å². The van der Waals surface area contributed by atoms with Crippen molar-refractivity contribution < 1.29 is 13.2 Å². The van der Waals surface area contributed by atoms with E-state index in [9.17, 15) is 18.0 Å². The number of para-hydroxylation sites is 1. The lowest BCUT2D eigenvalue weighted by Gasteiger charge is -2.31. The van der Waals surface area contributed by atoms with E-state index in [1.807, 2.05) is 6.07 Å². The highest BCUT2D eigenvalue weighted by Crippen LogP contribution is 2.38. The Bertz CT molecular complexity index is 1300. The Morgan fingerprint density at radius 3 is 2.57 bits per heavy atom. The lowest BCUT2D eigenvalue weighted by molar-refractivity contribution is -0.137. The Hall–Kier alpha value is -3.33. The maximum Gasteiger partial charge on any atom is 0.418 e. The normalized spacial score (nSPS) is 15.2. The predicted octanol–water partition coefficient (Wildman–Crippen LogP) is 3.30. The van der Waals surface area contributed by atoms with Crippen LogP contribution in [-0.2, 0) is 6.18 Å². The van der Waals surface area contributed by atoms with E-state index in [4.69, 9.17) is 0 Å². The Labute approximate surface area is 168 Å². The van der Waals surface area contributed by atoms with Crippen LogP contribution < -0.4 is 15.9 Å². The van der Waals surface area contributed by atoms with Gasteiger partial charge in [0, 0.05) is 37.3 Å². The molecule has 0 spiro atoms. The van der Waals surface area contributed by atoms with Crippen LogP contribution in [-0.4, -0.2) is 40.7 Å². The molecule has 0 atom stereocenters. The summed E-state index contributed by atoms with van der Waals surface area (Å²) >= 11 is 0. The molecule has 0 unspecified atom stereocenters. The van der Waals surface area contributed by atoms with Crippen LogP contribution in [0.3, 0.4) is 0 Å². The number of aromatic nitrogens is 3. The number of hydrogen-bond acceptors (Lipinski definition) is 4. The summed E-state index contributed by atoms with van der Waals surface area (Å²) in [5, 5.41) is 3.83. The van der Waals surface area contributed by atoms with Crippen LogP contribution in [0.15, 0.2) is 53.5 Å². The molecule has 30 heavy (non-hydrogen) atoms. The average Bonchev–Trinajstić information content (AvgIpc) is 3.09. The minimum absolute atomic E-state index is 0.132. The summed E-state index contributed by atoms with van der Waals surface area (Å²) in [6.07, 6.45) is -3.02. The first-order valence-corrected chi connectivity index (χ1v) is 9.59. The molecule has 0 bridgehead atoms. The molecule has 154 valence electrons. The van der Waals surface area contributed by atoms with Crippen molar-refractivity contribution in [1.29, 1.82) is 0 Å². The lowest BCUT2D eigenvalue weighted by atomic mass is 10.1. The number of halogens is 3. The Kier molecular flexibility index (Phi) is 4.28. The number of nitrogens with zero attached hydrogens (tertiary/aromatic N) is 3. The van der Waals surface area contributed by atoms with Gasteiger partial charge in [-0.15, -0.1) is 0 Å². The molecule has 1 saturated heterocycles. The number of fused-ring (bicyclic) bond motifs is 3. The third kappa shape index (κ3) is 3.02. The Morgan fingerprint density at radius 1 is 1.03 bits per heavy atom. The molecule has 2 aromatic heterocycles. The van der Waals surface area contributed by atoms with Crippen LogP contribution in [0, 0.1) is 0 Å². The molecular weight excluding hydrogens is 395 g/mol. The summed E-state index contributed by atoms with van der Waals surface area (Å²) in [5.41, 5.74) is 0.673. The van der Waals surface area contributed by atoms with Gasteiger partial charge in [-0.05, 0) is 24.3 Å². The van der Waals surface area contributed by atoms with Gasteiger partial charge < -0.3 is 15.2 Å². The van der Waals surface area contributed by atoms with Gasteiger partial charge in [-0.2, -0.15) is 13.2 Å². The van der Waals surface area contributed by atoms with E-state index < -0.39 is 17.4 Å². The number of hydrogen-bond donors (Lipinski definition) is 2. The highest BCUT2D eigenvalue weighted by Gasteiger charge is 2.36. The van der Waals surface area contributed by atoms with Gasteiger partial charge in [0.25, 0.3) is 0 Å². The minimum Gasteiger partial charge on any atom is -0.368 e. The maximum atomic E-state index is 13.9. The number of benzene rings is 2. The number of imidazole rings is 1. The second kappa shape index (κ2) is 6.88. The van der Waals surface area contributed by atoms with E-state index in [-0.39, 0.29) is 11.4 Å². The van der Waals surface area contributed by atoms with Crippen molar-refractivity contribution in [1.82, 2.24) is 19.9 Å². The first kappa shape index (κ1) is 18.7. The van der Waals surface area contributed by atoms with Gasteiger partial charge >= 0.3 is 11.9 Å². The molecule has 0 aliphatic carbocycles. The largest absolute Gasteiger partial charge is 0.418 e. The summed E-state index contributed by atoms with van der Waals surface area (Å²) in [4.78, 5) is 21.4. The number of aromatic amines is 1. The molecule has 5 rings (SSSR count). The number of H-pyrrole nitrogens is 1. The molecule has 0 radical (unpaired) electrons. The van der Waals surface area contributed by atoms with Crippen molar-refractivity contribution >= 4 is 27.6 Å². The molecule has 9 heteroatoms. The number of alkyl halides is 3. The number of nitrogens with one attached hydrogen (secondary N) is 2. The fourth-order valence-electron chi connectivity index (χ4n) is 4.05. The van der Waals surface area contributed by atoms with Crippen molar-refractivity contribution in [2.45, 2.75) is 6.18 Å². The van der Waals surface area contributed by atoms with E-state index >= 15 is 0 Å². The van der Waals surface area contributed by atoms with Gasteiger partial charge in [0.15, 0.2) is 0 Å². The molecule has 0 saturated carbocycles. The third-order valence-corrected chi connectivity index (χ3v) is 5.42. The van der Waals surface area contributed by atoms with Gasteiger partial charge in [0.05, 0.1) is 34.0 Å². The molecule has 0 amide bonds. The van der Waals surface area contributed by atoms with Gasteiger partial charge in [0.1, 0.15) is 0 Å². The molecule has 1 aliphatic rings. The van der Waals surface area contributed by atoms with Gasteiger partial charge in [-0.1, -0.05) is 18.2 Å². The van der Waals surface area contributed by atoms with Crippen LogP contribution in [0.2, 0.25) is 0 Å². The van der Waals surface area contributed by atoms with Crippen molar-refractivity contribution in [2.75, 3.05) is 31.1 Å². The minimum atomic E-state index is -4.55. The molecule has 2 N–H and O–H groups in total. The van der Waals surface area contributed by atoms with Crippen molar-refractivity contribution in [2.24, 2.45) is 0 Å². The van der Waals surface area contributed by atoms with Crippen molar-refractivity contribution in [3.8, 4) is 5.69 Å². The summed E-state index contributed by atoms with van der Waals surface area (Å²) < 4.78 is 43.1. The molecule has 3 heterocycles. The van der Waals surface area contributed by atoms with Crippen LogP contribution in [0.5, 0.6) is 0 Å². The quantitative estimate of drug-likeness (QED) is 0.529. The summed E-state index contributed by atoms with van der Waals surface area (Å²) in [5.74, 6) is 0. The predicted molar refractivity (Wildman–Crippen MR) is 109 cm³/mol. The zero-order chi connectivity index (χ0) is 20.9. The van der Waals surface area contributed by atoms with Gasteiger partial charge in [-0.3, -0.25) is 9.55 Å². The van der Waals surface area contributed by atoms with Gasteiger partial charge in [-0.25, -0.2) is 4.79 Å². The van der Waals surface area contributed by atoms with Crippen LogP contribution >= 0.6 is 0 Å². The third-order valence-electron chi connectivity index (χ3n) is 5.42. The molecule has 1 aliphatic heterocycles. The van der Waals surface area contributed by atoms with E-state index in [2.05, 4.69) is 15.3 Å². The summed E-state index contributed by atoms with van der Waals surface area (Å²) in [7, 11) is 0. The lowest BCUT2D eigenvalue weighted by Crippen LogP contribution is -2.44. The molecule has 4 aromatic rings. The second-order valence-electron chi connectivity index (χ2n) is 7.24. The Balaban J connectivity index is 1.75. The van der Waals surface area contributed by atoms with Gasteiger partial charge in [0.2, 0.25) is 0 Å². The molecule has 6 nitrogen and oxygen atoms in total. The highest BCUT2D eigenvalue weighted by atomic mass is 19.4. The zero-order valence-corrected chi connectivity index (χ0v) is 15.8. The summed E-state index contributed by atoms with van der Waals surface area (Å²) in [6, 6.07) is 11.3. The van der Waals surface area contributed by atoms with Crippen LogP contribution in [0.4, 0.5) is 18.9 Å². The molecule has 1 fully saturated rings. The number of piperazine rings is 1. The first-order valence-electron chi connectivity index (χ1n) is 9.59. The maximum absolute atomic E-state index is 13.9. The molecular formula is C21H18F3N5O. The fourth-order valence-corrected chi connectivity index (χ4v) is 4.05. The SMILES string of the molecule is O=c1[nH]c2cnc3ccccc3c2n1-c1ccc(N2CCNCC2)c(C(F)(F)F)c1. The number of pyridine rings is 1. The first-order chi connectivity index (χ1) is 14.4. The van der Waals surface area contributed by atoms with Crippen LogP contribution in [0.1, 0.15) is 5.56 Å². The van der Waals surface area contributed by atoms with E-state index in [0.29, 0.717) is 48.1 Å². The average molecular weight is 413 g/mol. The zero-order valence-electron chi connectivity index (χ0n) is 15.8. The second-order valence-corrected chi connectivity index (χ2v) is 7.24. The Morgan fingerprint density at radius 2 is 1.80 bits per heavy atom. The van der Waals surface area contributed by atoms with Crippen molar-refractivity contribution in [3.63, 3.8) is 0 Å². The monoisotopic (exact) mass is 413 g/mol. The highest BCUT2D eigenvalue weighted by molar-refractivity contribution is 6.02. The topological polar surface area (TPSA) is 66.0 Å². The van der Waals surface area contributed by atoms with E-state index in [1.165, 1.54) is 16.8 Å². The standard InChI is InChI=1S/C21H18F3N5O/c22-21(23,24)15-11-13(5-6-18(15)28-9-7-25-8-10-28)29-19-14-3-1-2-4-16(14)26-12-17(19)27-20(29)30/h1-6,11-12,25H,7-10H2,(H,27,30). The number of anilines is 1.